The summed E-state index contributed by atoms with van der Waals surface area (Å²) in [4.78, 5) is 18.3. The first-order chi connectivity index (χ1) is 16.9. The molecule has 2 aromatic heterocycles. The summed E-state index contributed by atoms with van der Waals surface area (Å²) in [7, 11) is 0. The maximum Gasteiger partial charge on any atom is 0.418 e. The molecule has 188 valence electrons. The average molecular weight is 492 g/mol. The highest BCUT2D eigenvalue weighted by Crippen LogP contribution is 2.36. The lowest BCUT2D eigenvalue weighted by atomic mass is 10.1. The zero-order chi connectivity index (χ0) is 24.7. The highest BCUT2D eigenvalue weighted by Gasteiger charge is 2.33. The van der Waals surface area contributed by atoms with E-state index < -0.39 is 11.7 Å². The minimum absolute atomic E-state index is 0.124. The number of rotatable bonds is 10. The Kier molecular flexibility index (Phi) is 8.25. The molecule has 0 radical (unpaired) electrons. The first kappa shape index (κ1) is 25.0. The summed E-state index contributed by atoms with van der Waals surface area (Å²) in [5, 5.41) is 0.328. The van der Waals surface area contributed by atoms with Crippen molar-refractivity contribution in [2.45, 2.75) is 32.0 Å². The second kappa shape index (κ2) is 11.5. The molecular weight excluding hydrogens is 465 g/mol. The number of unbranched alkanes of at least 4 members (excludes halogenated alkanes) is 2. The molecule has 0 saturated carbocycles. The van der Waals surface area contributed by atoms with Crippen LogP contribution in [0.5, 0.6) is 11.5 Å². The van der Waals surface area contributed by atoms with Gasteiger partial charge in [0.15, 0.2) is 0 Å². The summed E-state index contributed by atoms with van der Waals surface area (Å²) in [6.45, 7) is 4.20. The lowest BCUT2D eigenvalue weighted by Crippen LogP contribution is -2.35. The van der Waals surface area contributed by atoms with Crippen LogP contribution in [-0.2, 0) is 17.5 Å². The van der Waals surface area contributed by atoms with Gasteiger partial charge in [0.1, 0.15) is 17.8 Å². The molecule has 0 aliphatic carbocycles. The number of nitrogens with zero attached hydrogens (tertiary/aromatic N) is 2. The number of morpholine rings is 1. The van der Waals surface area contributed by atoms with Gasteiger partial charge in [-0.25, -0.2) is 0 Å². The van der Waals surface area contributed by atoms with E-state index in [1.165, 1.54) is 24.6 Å². The van der Waals surface area contributed by atoms with Crippen LogP contribution in [0.25, 0.3) is 10.9 Å². The van der Waals surface area contributed by atoms with Crippen LogP contribution in [0, 0.1) is 0 Å². The average Bonchev–Trinajstić information content (AvgIpc) is 2.84. The van der Waals surface area contributed by atoms with E-state index in [1.54, 1.807) is 12.1 Å². The summed E-state index contributed by atoms with van der Waals surface area (Å²) in [5.41, 5.74) is -1.12. The van der Waals surface area contributed by atoms with Gasteiger partial charge in [-0.2, -0.15) is 13.2 Å². The molecule has 10 heteroatoms. The van der Waals surface area contributed by atoms with Gasteiger partial charge in [-0.3, -0.25) is 14.7 Å². The van der Waals surface area contributed by atoms with Crippen LogP contribution >= 0.6 is 0 Å². The fourth-order valence-corrected chi connectivity index (χ4v) is 3.86. The number of aromatic nitrogens is 1. The molecule has 0 unspecified atom stereocenters. The summed E-state index contributed by atoms with van der Waals surface area (Å²) in [6, 6.07) is 6.95. The van der Waals surface area contributed by atoms with Crippen molar-refractivity contribution in [2.24, 2.45) is 0 Å². The van der Waals surface area contributed by atoms with E-state index in [0.717, 1.165) is 25.6 Å². The SMILES string of the molecule is O=c1cc(CN2CCOCC2)occ1OCCCCCOc1ccnc2c(C(F)(F)F)cccc12. The van der Waals surface area contributed by atoms with Crippen molar-refractivity contribution in [2.75, 3.05) is 39.5 Å². The molecule has 0 spiro atoms. The zero-order valence-corrected chi connectivity index (χ0v) is 19.2. The molecule has 1 aromatic carbocycles. The van der Waals surface area contributed by atoms with Gasteiger partial charge < -0.3 is 18.6 Å². The predicted octanol–water partition coefficient (Wildman–Crippen LogP) is 4.67. The van der Waals surface area contributed by atoms with Gasteiger partial charge in [0.05, 0.1) is 44.1 Å². The molecule has 1 saturated heterocycles. The highest BCUT2D eigenvalue weighted by atomic mass is 19.4. The number of hydrogen-bond acceptors (Lipinski definition) is 7. The van der Waals surface area contributed by atoms with Gasteiger partial charge in [-0.05, 0) is 37.5 Å². The molecule has 7 nitrogen and oxygen atoms in total. The molecule has 3 heterocycles. The second-order valence-corrected chi connectivity index (χ2v) is 8.23. The fraction of sp³-hybridized carbons (Fsp3) is 0.440. The van der Waals surface area contributed by atoms with Crippen LogP contribution in [0.4, 0.5) is 13.2 Å². The Morgan fingerprint density at radius 3 is 2.46 bits per heavy atom. The van der Waals surface area contributed by atoms with E-state index in [9.17, 15) is 18.0 Å². The van der Waals surface area contributed by atoms with Gasteiger partial charge in [-0.1, -0.05) is 6.07 Å². The molecule has 1 aliphatic heterocycles. The number of ether oxygens (including phenoxy) is 3. The van der Waals surface area contributed by atoms with Crippen molar-refractivity contribution in [1.82, 2.24) is 9.88 Å². The molecule has 4 rings (SSSR count). The van der Waals surface area contributed by atoms with Crippen molar-refractivity contribution in [3.63, 3.8) is 0 Å². The van der Waals surface area contributed by atoms with E-state index in [1.807, 2.05) is 0 Å². The summed E-state index contributed by atoms with van der Waals surface area (Å²) < 4.78 is 61.8. The number of halogens is 3. The minimum atomic E-state index is -4.48. The smallest absolute Gasteiger partial charge is 0.418 e. The lowest BCUT2D eigenvalue weighted by molar-refractivity contribution is -0.136. The van der Waals surface area contributed by atoms with Crippen molar-refractivity contribution >= 4 is 10.9 Å². The third-order valence-corrected chi connectivity index (χ3v) is 5.68. The molecular formula is C25H27F3N2O5. The Morgan fingerprint density at radius 1 is 1.00 bits per heavy atom. The Labute approximate surface area is 200 Å². The number of benzene rings is 1. The normalized spacial score (nSPS) is 14.8. The largest absolute Gasteiger partial charge is 0.493 e. The van der Waals surface area contributed by atoms with Gasteiger partial charge in [0.25, 0.3) is 0 Å². The standard InChI is InChI=1S/C25H27F3N2O5/c26-25(27,28)20-6-4-5-19-22(7-8-29-24(19)20)33-11-2-1-3-12-34-23-17-35-18(15-21(23)31)16-30-9-13-32-14-10-30/h4-8,15,17H,1-3,9-14,16H2. The number of fused-ring (bicyclic) bond motifs is 1. The van der Waals surface area contributed by atoms with E-state index >= 15 is 0 Å². The van der Waals surface area contributed by atoms with Crippen LogP contribution in [0.2, 0.25) is 0 Å². The zero-order valence-electron chi connectivity index (χ0n) is 19.2. The van der Waals surface area contributed by atoms with Gasteiger partial charge in [0.2, 0.25) is 11.2 Å². The van der Waals surface area contributed by atoms with Crippen LogP contribution in [0.1, 0.15) is 30.6 Å². The van der Waals surface area contributed by atoms with Gasteiger partial charge in [0, 0.05) is 30.7 Å². The first-order valence-corrected chi connectivity index (χ1v) is 11.5. The number of pyridine rings is 1. The molecule has 3 aromatic rings. The van der Waals surface area contributed by atoms with Crippen LogP contribution in [0.15, 0.2) is 52.0 Å². The number of para-hydroxylation sites is 1. The molecule has 0 atom stereocenters. The lowest BCUT2D eigenvalue weighted by Gasteiger charge is -2.25. The predicted molar refractivity (Wildman–Crippen MR) is 123 cm³/mol. The molecule has 0 bridgehead atoms. The minimum Gasteiger partial charge on any atom is -0.493 e. The Hall–Kier alpha value is -3.11. The van der Waals surface area contributed by atoms with Crippen molar-refractivity contribution in [1.29, 1.82) is 0 Å². The van der Waals surface area contributed by atoms with Crippen LogP contribution < -0.4 is 14.9 Å². The monoisotopic (exact) mass is 492 g/mol. The summed E-state index contributed by atoms with van der Waals surface area (Å²) in [6.07, 6.45) is 0.319. The fourth-order valence-electron chi connectivity index (χ4n) is 3.86. The number of hydrogen-bond donors (Lipinski definition) is 0. The van der Waals surface area contributed by atoms with E-state index in [2.05, 4.69) is 9.88 Å². The maximum atomic E-state index is 13.2. The van der Waals surface area contributed by atoms with E-state index in [4.69, 9.17) is 18.6 Å². The molecule has 35 heavy (non-hydrogen) atoms. The Balaban J connectivity index is 1.19. The molecule has 0 N–H and O–H groups in total. The topological polar surface area (TPSA) is 74.0 Å². The third-order valence-electron chi connectivity index (χ3n) is 5.68. The van der Waals surface area contributed by atoms with Crippen molar-refractivity contribution in [3.8, 4) is 11.5 Å². The molecule has 0 amide bonds. The van der Waals surface area contributed by atoms with Crippen molar-refractivity contribution < 1.29 is 31.8 Å². The van der Waals surface area contributed by atoms with Crippen LogP contribution in [-0.4, -0.2) is 49.4 Å². The van der Waals surface area contributed by atoms with E-state index in [-0.39, 0.29) is 16.7 Å². The summed E-state index contributed by atoms with van der Waals surface area (Å²) in [5.74, 6) is 1.13. The quantitative estimate of drug-likeness (QED) is 0.381. The van der Waals surface area contributed by atoms with E-state index in [0.29, 0.717) is 62.7 Å². The second-order valence-electron chi connectivity index (χ2n) is 8.23. The number of alkyl halides is 3. The third kappa shape index (κ3) is 6.73. The highest BCUT2D eigenvalue weighted by molar-refractivity contribution is 5.87. The van der Waals surface area contributed by atoms with Crippen molar-refractivity contribution in [3.05, 3.63) is 64.3 Å². The Bertz CT molecular complexity index is 1180. The van der Waals surface area contributed by atoms with Gasteiger partial charge >= 0.3 is 6.18 Å². The molecule has 1 aliphatic rings. The maximum absolute atomic E-state index is 13.2. The molecule has 1 fully saturated rings. The van der Waals surface area contributed by atoms with Gasteiger partial charge in [-0.15, -0.1) is 0 Å². The Morgan fingerprint density at radius 2 is 1.74 bits per heavy atom. The van der Waals surface area contributed by atoms with Crippen LogP contribution in [0.3, 0.4) is 0 Å². The first-order valence-electron chi connectivity index (χ1n) is 11.5. The summed E-state index contributed by atoms with van der Waals surface area (Å²) >= 11 is 0.